The molecule has 0 aliphatic heterocycles. The van der Waals surface area contributed by atoms with E-state index in [1.807, 2.05) is 0 Å². The zero-order valence-electron chi connectivity index (χ0n) is 17.5. The van der Waals surface area contributed by atoms with Crippen molar-refractivity contribution in [2.75, 3.05) is 20.1 Å². The Morgan fingerprint density at radius 1 is 1.00 bits per heavy atom. The highest BCUT2D eigenvalue weighted by Crippen LogP contribution is 2.19. The second-order valence-corrected chi connectivity index (χ2v) is 9.85. The number of carbonyl (C=O) groups excluding carboxylic acids is 2. The lowest BCUT2D eigenvalue weighted by Crippen LogP contribution is -2.50. The van der Waals surface area contributed by atoms with Crippen LogP contribution in [0.4, 0.5) is 0 Å². The number of hydrogen-bond donors (Lipinski definition) is 1. The van der Waals surface area contributed by atoms with E-state index >= 15 is 0 Å². The smallest absolute Gasteiger partial charge is 0.243 e. The first-order valence-electron chi connectivity index (χ1n) is 9.59. The third-order valence-corrected chi connectivity index (χ3v) is 6.99. The fourth-order valence-corrected chi connectivity index (χ4v) is 4.22. The molecular weight excluding hydrogens is 461 g/mol. The minimum atomic E-state index is -3.91. The van der Waals surface area contributed by atoms with Crippen LogP contribution in [0.5, 0.6) is 0 Å². The molecule has 2 aromatic carbocycles. The van der Waals surface area contributed by atoms with E-state index < -0.39 is 28.5 Å². The molecule has 0 bridgehead atoms. The van der Waals surface area contributed by atoms with Gasteiger partial charge in [-0.3, -0.25) is 9.59 Å². The Kier molecular flexibility index (Phi) is 8.88. The second kappa shape index (κ2) is 10.9. The SMILES string of the molecule is CCNC(=O)[C@H](C)N(Cc1ccc(Cl)cc1)C(=O)CN(C)S(=O)(=O)c1ccc(Cl)cc1. The number of likely N-dealkylation sites (N-methyl/N-ethyl adjacent to an activating group) is 2. The quantitative estimate of drug-likeness (QED) is 0.590. The van der Waals surface area contributed by atoms with E-state index in [1.54, 1.807) is 38.1 Å². The predicted octanol–water partition coefficient (Wildman–Crippen LogP) is 3.17. The summed E-state index contributed by atoms with van der Waals surface area (Å²) in [6, 6.07) is 11.8. The summed E-state index contributed by atoms with van der Waals surface area (Å²) in [5.74, 6) is -0.832. The molecule has 0 saturated heterocycles. The lowest BCUT2D eigenvalue weighted by molar-refractivity contribution is -0.140. The Morgan fingerprint density at radius 2 is 1.52 bits per heavy atom. The zero-order chi connectivity index (χ0) is 23.2. The predicted molar refractivity (Wildman–Crippen MR) is 121 cm³/mol. The first kappa shape index (κ1) is 25.1. The van der Waals surface area contributed by atoms with Crippen molar-refractivity contribution in [1.82, 2.24) is 14.5 Å². The standard InChI is InChI=1S/C21H25Cl2N3O4S/c1-4-24-21(28)15(2)26(13-16-5-7-17(22)8-6-16)20(27)14-25(3)31(29,30)19-11-9-18(23)10-12-19/h5-12,15H,4,13-14H2,1-3H3,(H,24,28)/t15-/m0/s1. The van der Waals surface area contributed by atoms with Gasteiger partial charge in [0.25, 0.3) is 0 Å². The van der Waals surface area contributed by atoms with Gasteiger partial charge in [0.2, 0.25) is 21.8 Å². The Morgan fingerprint density at radius 3 is 2.03 bits per heavy atom. The van der Waals surface area contributed by atoms with Crippen LogP contribution in [0.15, 0.2) is 53.4 Å². The highest BCUT2D eigenvalue weighted by molar-refractivity contribution is 7.89. The average Bonchev–Trinajstić information content (AvgIpc) is 2.73. The van der Waals surface area contributed by atoms with Crippen LogP contribution in [0.1, 0.15) is 19.4 Å². The third kappa shape index (κ3) is 6.67. The third-order valence-electron chi connectivity index (χ3n) is 4.66. The van der Waals surface area contributed by atoms with Crippen LogP contribution in [0.3, 0.4) is 0 Å². The van der Waals surface area contributed by atoms with Gasteiger partial charge in [-0.2, -0.15) is 4.31 Å². The number of nitrogens with zero attached hydrogens (tertiary/aromatic N) is 2. The molecule has 168 valence electrons. The van der Waals surface area contributed by atoms with Crippen molar-refractivity contribution < 1.29 is 18.0 Å². The van der Waals surface area contributed by atoms with Crippen LogP contribution >= 0.6 is 23.2 Å². The maximum atomic E-state index is 13.1. The van der Waals surface area contributed by atoms with Crippen molar-refractivity contribution in [2.45, 2.75) is 31.3 Å². The van der Waals surface area contributed by atoms with E-state index in [4.69, 9.17) is 23.2 Å². The summed E-state index contributed by atoms with van der Waals surface area (Å²) < 4.78 is 26.6. The molecule has 0 heterocycles. The largest absolute Gasteiger partial charge is 0.355 e. The van der Waals surface area contributed by atoms with E-state index in [0.717, 1.165) is 9.87 Å². The molecule has 7 nitrogen and oxygen atoms in total. The highest BCUT2D eigenvalue weighted by atomic mass is 35.5. The summed E-state index contributed by atoms with van der Waals surface area (Å²) >= 11 is 11.8. The maximum absolute atomic E-state index is 13.1. The van der Waals surface area contributed by atoms with E-state index in [0.29, 0.717) is 16.6 Å². The van der Waals surface area contributed by atoms with Crippen molar-refractivity contribution in [3.05, 3.63) is 64.1 Å². The van der Waals surface area contributed by atoms with Crippen molar-refractivity contribution in [2.24, 2.45) is 0 Å². The number of rotatable bonds is 9. The summed E-state index contributed by atoms with van der Waals surface area (Å²) in [6.45, 7) is 3.50. The van der Waals surface area contributed by atoms with Crippen molar-refractivity contribution in [3.8, 4) is 0 Å². The van der Waals surface area contributed by atoms with Gasteiger partial charge < -0.3 is 10.2 Å². The van der Waals surface area contributed by atoms with Crippen LogP contribution < -0.4 is 5.32 Å². The number of amides is 2. The van der Waals surface area contributed by atoms with Crippen LogP contribution in [0, 0.1) is 0 Å². The van der Waals surface area contributed by atoms with Crippen molar-refractivity contribution in [3.63, 3.8) is 0 Å². The molecule has 0 radical (unpaired) electrons. The molecule has 2 rings (SSSR count). The van der Waals surface area contributed by atoms with Crippen molar-refractivity contribution >= 4 is 45.0 Å². The summed E-state index contributed by atoms with van der Waals surface area (Å²) in [5.41, 5.74) is 0.761. The van der Waals surface area contributed by atoms with Gasteiger partial charge in [0.1, 0.15) is 6.04 Å². The van der Waals surface area contributed by atoms with Crippen LogP contribution in [-0.2, 0) is 26.2 Å². The Balaban J connectivity index is 2.25. The summed E-state index contributed by atoms with van der Waals surface area (Å²) in [7, 11) is -2.59. The molecule has 1 atom stereocenters. The monoisotopic (exact) mass is 485 g/mol. The Labute approximate surface area is 193 Å². The molecule has 0 saturated carbocycles. The Hall–Kier alpha value is -2.13. The van der Waals surface area contributed by atoms with Gasteiger partial charge in [-0.05, 0) is 55.8 Å². The fourth-order valence-electron chi connectivity index (χ4n) is 2.84. The number of halogens is 2. The summed E-state index contributed by atoms with van der Waals surface area (Å²) in [6.07, 6.45) is 0. The lowest BCUT2D eigenvalue weighted by Gasteiger charge is -2.30. The molecule has 0 aliphatic rings. The molecule has 1 N–H and O–H groups in total. The van der Waals surface area contributed by atoms with E-state index in [1.165, 1.54) is 36.2 Å². The van der Waals surface area contributed by atoms with E-state index in [9.17, 15) is 18.0 Å². The van der Waals surface area contributed by atoms with Crippen molar-refractivity contribution in [1.29, 1.82) is 0 Å². The first-order chi connectivity index (χ1) is 14.6. The number of sulfonamides is 1. The number of benzene rings is 2. The molecule has 0 unspecified atom stereocenters. The molecule has 0 fully saturated rings. The summed E-state index contributed by atoms with van der Waals surface area (Å²) in [5, 5.41) is 3.65. The molecular formula is C21H25Cl2N3O4S. The van der Waals surface area contributed by atoms with E-state index in [2.05, 4.69) is 5.32 Å². The highest BCUT2D eigenvalue weighted by Gasteiger charge is 2.30. The average molecular weight is 486 g/mol. The van der Waals surface area contributed by atoms with Gasteiger partial charge in [-0.1, -0.05) is 35.3 Å². The normalized spacial score (nSPS) is 12.5. The number of carbonyl (C=O) groups is 2. The molecule has 31 heavy (non-hydrogen) atoms. The molecule has 0 spiro atoms. The molecule has 0 aromatic heterocycles. The maximum Gasteiger partial charge on any atom is 0.243 e. The van der Waals surface area contributed by atoms with Crippen LogP contribution in [0.2, 0.25) is 10.0 Å². The molecule has 2 amide bonds. The van der Waals surface area contributed by atoms with Gasteiger partial charge >= 0.3 is 0 Å². The van der Waals surface area contributed by atoms with Gasteiger partial charge in [-0.15, -0.1) is 0 Å². The number of hydrogen-bond acceptors (Lipinski definition) is 4. The van der Waals surface area contributed by atoms with Gasteiger partial charge in [0.15, 0.2) is 0 Å². The van der Waals surface area contributed by atoms with Gasteiger partial charge in [0.05, 0.1) is 11.4 Å². The minimum Gasteiger partial charge on any atom is -0.355 e. The molecule has 0 aliphatic carbocycles. The van der Waals surface area contributed by atoms with E-state index in [-0.39, 0.29) is 17.3 Å². The molecule has 2 aromatic rings. The minimum absolute atomic E-state index is 0.0215. The topological polar surface area (TPSA) is 86.8 Å². The first-order valence-corrected chi connectivity index (χ1v) is 11.8. The van der Waals surface area contributed by atoms with Gasteiger partial charge in [-0.25, -0.2) is 8.42 Å². The lowest BCUT2D eigenvalue weighted by atomic mass is 10.1. The Bertz CT molecular complexity index is 1010. The fraction of sp³-hybridized carbons (Fsp3) is 0.333. The van der Waals surface area contributed by atoms with Crippen LogP contribution in [0.25, 0.3) is 0 Å². The molecule has 10 heteroatoms. The summed E-state index contributed by atoms with van der Waals surface area (Å²) in [4.78, 5) is 26.9. The zero-order valence-corrected chi connectivity index (χ0v) is 19.8. The second-order valence-electron chi connectivity index (χ2n) is 6.93. The van der Waals surface area contributed by atoms with Crippen LogP contribution in [-0.4, -0.2) is 55.6 Å². The number of nitrogens with one attached hydrogen (secondary N) is 1. The van der Waals surface area contributed by atoms with Gasteiger partial charge in [0, 0.05) is 30.2 Å².